The minimum atomic E-state index is -0.454. The highest BCUT2D eigenvalue weighted by molar-refractivity contribution is 6.33. The number of nitrogens with zero attached hydrogens (tertiary/aromatic N) is 3. The molecule has 0 saturated heterocycles. The van der Waals surface area contributed by atoms with Gasteiger partial charge in [-0.05, 0) is 13.0 Å². The molecular weight excluding hydrogens is 268 g/mol. The standard InChI is InChI=1S/C12H13ClN4O2/c1-8-9(7-16(2)15-8)6-14-12-10(13)4-3-5-11(12)17(18)19/h3-5,7,14H,6H2,1-2H3. The first-order valence-corrected chi connectivity index (χ1v) is 6.02. The Bertz CT molecular complexity index is 624. The maximum atomic E-state index is 10.9. The van der Waals surface area contributed by atoms with Gasteiger partial charge in [0.1, 0.15) is 5.69 Å². The summed E-state index contributed by atoms with van der Waals surface area (Å²) >= 11 is 6.00. The van der Waals surface area contributed by atoms with Crippen molar-refractivity contribution in [3.8, 4) is 0 Å². The average molecular weight is 281 g/mol. The molecule has 1 aromatic heterocycles. The molecule has 100 valence electrons. The normalized spacial score (nSPS) is 10.5. The van der Waals surface area contributed by atoms with Crippen molar-refractivity contribution in [1.82, 2.24) is 9.78 Å². The van der Waals surface area contributed by atoms with Crippen LogP contribution in [-0.4, -0.2) is 14.7 Å². The van der Waals surface area contributed by atoms with Gasteiger partial charge in [0.05, 0.1) is 15.6 Å². The minimum Gasteiger partial charge on any atom is -0.374 e. The van der Waals surface area contributed by atoms with Crippen LogP contribution in [0.3, 0.4) is 0 Å². The molecule has 0 unspecified atom stereocenters. The van der Waals surface area contributed by atoms with Crippen LogP contribution in [0.15, 0.2) is 24.4 Å². The van der Waals surface area contributed by atoms with Gasteiger partial charge in [-0.25, -0.2) is 0 Å². The Morgan fingerprint density at radius 1 is 1.53 bits per heavy atom. The minimum absolute atomic E-state index is 0.0333. The zero-order valence-electron chi connectivity index (χ0n) is 10.6. The van der Waals surface area contributed by atoms with Crippen LogP contribution in [0.2, 0.25) is 5.02 Å². The van der Waals surface area contributed by atoms with E-state index >= 15 is 0 Å². The summed E-state index contributed by atoms with van der Waals surface area (Å²) in [7, 11) is 1.83. The molecule has 0 aliphatic rings. The summed E-state index contributed by atoms with van der Waals surface area (Å²) in [5, 5.41) is 18.5. The van der Waals surface area contributed by atoms with E-state index in [9.17, 15) is 10.1 Å². The van der Waals surface area contributed by atoms with E-state index in [2.05, 4.69) is 10.4 Å². The predicted molar refractivity (Wildman–Crippen MR) is 73.4 cm³/mol. The van der Waals surface area contributed by atoms with Gasteiger partial charge in [-0.15, -0.1) is 0 Å². The van der Waals surface area contributed by atoms with Crippen molar-refractivity contribution in [1.29, 1.82) is 0 Å². The summed E-state index contributed by atoms with van der Waals surface area (Å²) in [5.74, 6) is 0. The molecule has 6 nitrogen and oxygen atoms in total. The fourth-order valence-electron chi connectivity index (χ4n) is 1.85. The lowest BCUT2D eigenvalue weighted by Crippen LogP contribution is -2.03. The van der Waals surface area contributed by atoms with E-state index in [0.717, 1.165) is 11.3 Å². The number of nitro groups is 1. The Balaban J connectivity index is 2.24. The van der Waals surface area contributed by atoms with Crippen LogP contribution in [0, 0.1) is 17.0 Å². The smallest absolute Gasteiger partial charge is 0.293 e. The molecule has 0 fully saturated rings. The van der Waals surface area contributed by atoms with Gasteiger partial charge in [0.15, 0.2) is 0 Å². The zero-order chi connectivity index (χ0) is 14.0. The molecule has 2 rings (SSSR count). The van der Waals surface area contributed by atoms with Gasteiger partial charge in [-0.2, -0.15) is 5.10 Å². The van der Waals surface area contributed by atoms with Crippen molar-refractivity contribution in [3.63, 3.8) is 0 Å². The maximum absolute atomic E-state index is 10.9. The van der Waals surface area contributed by atoms with Crippen molar-refractivity contribution in [3.05, 3.63) is 50.8 Å². The summed E-state index contributed by atoms with van der Waals surface area (Å²) < 4.78 is 1.70. The van der Waals surface area contributed by atoms with Crippen molar-refractivity contribution in [2.24, 2.45) is 7.05 Å². The summed E-state index contributed by atoms with van der Waals surface area (Å²) in [6.07, 6.45) is 1.87. The first kappa shape index (κ1) is 13.4. The van der Waals surface area contributed by atoms with Crippen LogP contribution < -0.4 is 5.32 Å². The van der Waals surface area contributed by atoms with Gasteiger partial charge in [0.2, 0.25) is 0 Å². The number of nitrogens with one attached hydrogen (secondary N) is 1. The molecule has 7 heteroatoms. The second-order valence-corrected chi connectivity index (χ2v) is 4.57. The largest absolute Gasteiger partial charge is 0.374 e. The number of halogens is 1. The monoisotopic (exact) mass is 280 g/mol. The Morgan fingerprint density at radius 2 is 2.26 bits per heavy atom. The third-order valence-electron chi connectivity index (χ3n) is 2.76. The van der Waals surface area contributed by atoms with E-state index in [4.69, 9.17) is 11.6 Å². The third-order valence-corrected chi connectivity index (χ3v) is 3.07. The molecule has 1 aromatic carbocycles. The molecule has 0 aliphatic heterocycles. The molecule has 0 radical (unpaired) electrons. The van der Waals surface area contributed by atoms with Crippen LogP contribution in [0.5, 0.6) is 0 Å². The van der Waals surface area contributed by atoms with Gasteiger partial charge < -0.3 is 5.32 Å². The highest BCUT2D eigenvalue weighted by Crippen LogP contribution is 2.32. The van der Waals surface area contributed by atoms with Gasteiger partial charge in [-0.1, -0.05) is 17.7 Å². The van der Waals surface area contributed by atoms with E-state index in [1.807, 2.05) is 20.2 Å². The lowest BCUT2D eigenvalue weighted by molar-refractivity contribution is -0.383. The first-order chi connectivity index (χ1) is 8.99. The fourth-order valence-corrected chi connectivity index (χ4v) is 2.08. The van der Waals surface area contributed by atoms with Crippen LogP contribution in [0.1, 0.15) is 11.3 Å². The Labute approximate surface area is 115 Å². The number of aromatic nitrogens is 2. The van der Waals surface area contributed by atoms with Crippen molar-refractivity contribution >= 4 is 23.0 Å². The molecule has 0 spiro atoms. The summed E-state index contributed by atoms with van der Waals surface area (Å²) in [4.78, 5) is 10.5. The third kappa shape index (κ3) is 2.85. The van der Waals surface area contributed by atoms with E-state index in [1.54, 1.807) is 16.8 Å². The number of aryl methyl sites for hydroxylation is 2. The molecule has 0 amide bonds. The number of rotatable bonds is 4. The molecule has 1 heterocycles. The molecule has 0 aliphatic carbocycles. The first-order valence-electron chi connectivity index (χ1n) is 5.65. The Morgan fingerprint density at radius 3 is 2.84 bits per heavy atom. The van der Waals surface area contributed by atoms with Crippen LogP contribution in [0.4, 0.5) is 11.4 Å². The van der Waals surface area contributed by atoms with Crippen molar-refractivity contribution in [2.45, 2.75) is 13.5 Å². The Hall–Kier alpha value is -2.08. The van der Waals surface area contributed by atoms with Crippen molar-refractivity contribution in [2.75, 3.05) is 5.32 Å². The van der Waals surface area contributed by atoms with E-state index < -0.39 is 4.92 Å². The van der Waals surface area contributed by atoms with Crippen molar-refractivity contribution < 1.29 is 4.92 Å². The molecule has 19 heavy (non-hydrogen) atoms. The molecule has 0 bridgehead atoms. The summed E-state index contributed by atoms with van der Waals surface area (Å²) in [6.45, 7) is 2.32. The van der Waals surface area contributed by atoms with Crippen LogP contribution in [-0.2, 0) is 13.6 Å². The number of anilines is 1. The highest BCUT2D eigenvalue weighted by Gasteiger charge is 2.16. The van der Waals surface area contributed by atoms with Gasteiger partial charge in [0.25, 0.3) is 5.69 Å². The Kier molecular flexibility index (Phi) is 3.71. The van der Waals surface area contributed by atoms with E-state index in [1.165, 1.54) is 6.07 Å². The SMILES string of the molecule is Cc1nn(C)cc1CNc1c(Cl)cccc1[N+](=O)[O-]. The van der Waals surface area contributed by atoms with Crippen LogP contribution >= 0.6 is 11.6 Å². The number of benzene rings is 1. The number of hydrogen-bond donors (Lipinski definition) is 1. The van der Waals surface area contributed by atoms with E-state index in [0.29, 0.717) is 17.3 Å². The summed E-state index contributed by atoms with van der Waals surface area (Å²) in [5.41, 5.74) is 2.15. The molecule has 2 aromatic rings. The average Bonchev–Trinajstić information content (AvgIpc) is 2.66. The summed E-state index contributed by atoms with van der Waals surface area (Å²) in [6, 6.07) is 4.60. The lowest BCUT2D eigenvalue weighted by atomic mass is 10.2. The number of hydrogen-bond acceptors (Lipinski definition) is 4. The second kappa shape index (κ2) is 5.27. The molecular formula is C12H13ClN4O2. The maximum Gasteiger partial charge on any atom is 0.293 e. The zero-order valence-corrected chi connectivity index (χ0v) is 11.3. The molecule has 1 N–H and O–H groups in total. The lowest BCUT2D eigenvalue weighted by Gasteiger charge is -2.08. The van der Waals surface area contributed by atoms with Gasteiger partial charge >= 0.3 is 0 Å². The number of para-hydroxylation sites is 1. The van der Waals surface area contributed by atoms with E-state index in [-0.39, 0.29) is 5.69 Å². The highest BCUT2D eigenvalue weighted by atomic mass is 35.5. The van der Waals surface area contributed by atoms with Gasteiger partial charge in [-0.3, -0.25) is 14.8 Å². The molecule has 0 atom stereocenters. The predicted octanol–water partition coefficient (Wildman–Crippen LogP) is 2.90. The molecule has 0 saturated carbocycles. The second-order valence-electron chi connectivity index (χ2n) is 4.16. The number of nitro benzene ring substituents is 1. The topological polar surface area (TPSA) is 73.0 Å². The quantitative estimate of drug-likeness (QED) is 0.690. The fraction of sp³-hybridized carbons (Fsp3) is 0.250. The van der Waals surface area contributed by atoms with Crippen LogP contribution in [0.25, 0.3) is 0 Å². The van der Waals surface area contributed by atoms with Gasteiger partial charge in [0, 0.05) is 31.4 Å².